The van der Waals surface area contributed by atoms with Crippen LogP contribution >= 0.6 is 0 Å². The lowest BCUT2D eigenvalue weighted by Crippen LogP contribution is -2.25. The molecule has 29 heavy (non-hydrogen) atoms. The zero-order chi connectivity index (χ0) is 20.1. The maximum absolute atomic E-state index is 12.5. The average molecular weight is 384 g/mol. The topological polar surface area (TPSA) is 75.5 Å². The van der Waals surface area contributed by atoms with Crippen LogP contribution in [0.3, 0.4) is 0 Å². The van der Waals surface area contributed by atoms with Gasteiger partial charge in [-0.3, -0.25) is 14.0 Å². The second kappa shape index (κ2) is 8.39. The smallest absolute Gasteiger partial charge is 0.292 e. The number of imidazole rings is 1. The van der Waals surface area contributed by atoms with E-state index in [4.69, 9.17) is 0 Å². The molecule has 2 aromatic carbocycles. The van der Waals surface area contributed by atoms with E-state index in [0.29, 0.717) is 23.6 Å². The Morgan fingerprint density at radius 3 is 2.41 bits per heavy atom. The van der Waals surface area contributed by atoms with Gasteiger partial charge in [0.1, 0.15) is 0 Å². The normalized spacial score (nSPS) is 10.6. The molecule has 4 aromatic rings. The Labute approximate surface area is 168 Å². The van der Waals surface area contributed by atoms with Crippen LogP contribution < -0.4 is 10.6 Å². The molecule has 2 aromatic heterocycles. The number of carbonyl (C=O) groups excluding carboxylic acids is 2. The van der Waals surface area contributed by atoms with Gasteiger partial charge < -0.3 is 10.6 Å². The molecular formula is C23H20N4O2. The first kappa shape index (κ1) is 18.4. The highest BCUT2D eigenvalue weighted by Gasteiger charge is 2.13. The van der Waals surface area contributed by atoms with Crippen molar-refractivity contribution < 1.29 is 9.59 Å². The van der Waals surface area contributed by atoms with Crippen molar-refractivity contribution in [2.45, 2.75) is 6.42 Å². The average Bonchev–Trinajstić information content (AvgIpc) is 3.19. The molecule has 2 N–H and O–H groups in total. The number of carbonyl (C=O) groups is 2. The fraction of sp³-hybridized carbons (Fsp3) is 0.0870. The fourth-order valence-electron chi connectivity index (χ4n) is 3.07. The Bertz CT molecular complexity index is 1130. The largest absolute Gasteiger partial charge is 0.352 e. The third kappa shape index (κ3) is 4.32. The van der Waals surface area contributed by atoms with Crippen LogP contribution in [-0.2, 0) is 6.42 Å². The molecular weight excluding hydrogens is 364 g/mol. The Morgan fingerprint density at radius 1 is 0.862 bits per heavy atom. The lowest BCUT2D eigenvalue weighted by atomic mass is 10.1. The maximum Gasteiger partial charge on any atom is 0.292 e. The number of hydrogen-bond donors (Lipinski definition) is 2. The third-order valence-corrected chi connectivity index (χ3v) is 4.59. The van der Waals surface area contributed by atoms with E-state index in [9.17, 15) is 9.59 Å². The van der Waals surface area contributed by atoms with Crippen molar-refractivity contribution in [2.24, 2.45) is 0 Å². The van der Waals surface area contributed by atoms with Crippen LogP contribution in [0.4, 0.5) is 5.69 Å². The van der Waals surface area contributed by atoms with Crippen molar-refractivity contribution in [3.8, 4) is 0 Å². The highest BCUT2D eigenvalue weighted by atomic mass is 16.2. The fourth-order valence-corrected chi connectivity index (χ4v) is 3.07. The Morgan fingerprint density at radius 2 is 1.62 bits per heavy atom. The quantitative estimate of drug-likeness (QED) is 0.534. The summed E-state index contributed by atoms with van der Waals surface area (Å²) in [5.41, 5.74) is 3.17. The molecule has 0 saturated heterocycles. The van der Waals surface area contributed by atoms with E-state index in [1.165, 1.54) is 5.56 Å². The highest BCUT2D eigenvalue weighted by molar-refractivity contribution is 6.02. The van der Waals surface area contributed by atoms with Gasteiger partial charge in [-0.2, -0.15) is 0 Å². The minimum absolute atomic E-state index is 0.141. The summed E-state index contributed by atoms with van der Waals surface area (Å²) in [5.74, 6) is -0.141. The van der Waals surface area contributed by atoms with E-state index in [-0.39, 0.29) is 11.8 Å². The van der Waals surface area contributed by atoms with E-state index in [1.54, 1.807) is 41.1 Å². The molecule has 6 nitrogen and oxygen atoms in total. The van der Waals surface area contributed by atoms with E-state index < -0.39 is 0 Å². The summed E-state index contributed by atoms with van der Waals surface area (Å²) in [4.78, 5) is 29.0. The summed E-state index contributed by atoms with van der Waals surface area (Å²) in [6, 6.07) is 22.4. The summed E-state index contributed by atoms with van der Waals surface area (Å²) < 4.78 is 1.73. The van der Waals surface area contributed by atoms with Gasteiger partial charge in [-0.25, -0.2) is 4.98 Å². The molecule has 2 amide bonds. The number of amides is 2. The number of anilines is 1. The van der Waals surface area contributed by atoms with Gasteiger partial charge >= 0.3 is 0 Å². The molecule has 0 spiro atoms. The molecule has 6 heteroatoms. The summed E-state index contributed by atoms with van der Waals surface area (Å²) in [6.45, 7) is 0.564. The second-order valence-corrected chi connectivity index (χ2v) is 6.60. The number of aromatic nitrogens is 2. The van der Waals surface area contributed by atoms with Gasteiger partial charge in [-0.15, -0.1) is 0 Å². The summed E-state index contributed by atoms with van der Waals surface area (Å²) in [6.07, 6.45) is 4.22. The number of benzene rings is 2. The number of hydrogen-bond acceptors (Lipinski definition) is 3. The Kier molecular flexibility index (Phi) is 5.33. The minimum atomic E-state index is -0.309. The van der Waals surface area contributed by atoms with Crippen molar-refractivity contribution >= 4 is 23.0 Å². The molecule has 0 radical (unpaired) electrons. The Balaban J connectivity index is 1.35. The van der Waals surface area contributed by atoms with Crippen LogP contribution in [0, 0.1) is 0 Å². The van der Waals surface area contributed by atoms with E-state index in [2.05, 4.69) is 15.6 Å². The van der Waals surface area contributed by atoms with E-state index in [0.717, 1.165) is 11.9 Å². The van der Waals surface area contributed by atoms with Gasteiger partial charge in [-0.05, 0) is 48.4 Å². The SMILES string of the molecule is O=C(NCCc1ccccc1)c1ccc(NC(=O)c2ncc3ccccn23)cc1. The predicted octanol–water partition coefficient (Wildman–Crippen LogP) is 3.56. The molecule has 2 heterocycles. The molecule has 0 aliphatic heterocycles. The van der Waals surface area contributed by atoms with Crippen molar-refractivity contribution in [2.75, 3.05) is 11.9 Å². The van der Waals surface area contributed by atoms with Crippen LogP contribution in [0.15, 0.2) is 85.2 Å². The zero-order valence-electron chi connectivity index (χ0n) is 15.7. The van der Waals surface area contributed by atoms with E-state index >= 15 is 0 Å². The van der Waals surface area contributed by atoms with Gasteiger partial charge in [0.2, 0.25) is 5.82 Å². The minimum Gasteiger partial charge on any atom is -0.352 e. The molecule has 0 bridgehead atoms. The van der Waals surface area contributed by atoms with Crippen molar-refractivity contribution in [1.29, 1.82) is 0 Å². The van der Waals surface area contributed by atoms with Crippen LogP contribution in [-0.4, -0.2) is 27.7 Å². The van der Waals surface area contributed by atoms with Gasteiger partial charge in [-0.1, -0.05) is 36.4 Å². The molecule has 0 aliphatic rings. The van der Waals surface area contributed by atoms with Gasteiger partial charge in [0.05, 0.1) is 11.7 Å². The molecule has 4 rings (SSSR count). The number of nitrogens with zero attached hydrogens (tertiary/aromatic N) is 2. The standard InChI is InChI=1S/C23H20N4O2/c28-22(24-14-13-17-6-2-1-3-7-17)18-9-11-19(12-10-18)26-23(29)21-25-16-20-8-4-5-15-27(20)21/h1-12,15-16H,13-14H2,(H,24,28)(H,26,29). The molecule has 0 fully saturated rings. The van der Waals surface area contributed by atoms with Crippen LogP contribution in [0.25, 0.3) is 5.52 Å². The number of rotatable bonds is 6. The van der Waals surface area contributed by atoms with Gasteiger partial charge in [0.15, 0.2) is 0 Å². The van der Waals surface area contributed by atoms with Gasteiger partial charge in [0, 0.05) is 24.0 Å². The summed E-state index contributed by atoms with van der Waals surface area (Å²) in [7, 11) is 0. The number of pyridine rings is 1. The lowest BCUT2D eigenvalue weighted by Gasteiger charge is -2.08. The lowest BCUT2D eigenvalue weighted by molar-refractivity contribution is 0.0953. The molecule has 144 valence electrons. The first-order valence-corrected chi connectivity index (χ1v) is 9.36. The van der Waals surface area contributed by atoms with Crippen molar-refractivity contribution in [3.63, 3.8) is 0 Å². The summed E-state index contributed by atoms with van der Waals surface area (Å²) >= 11 is 0. The number of fused-ring (bicyclic) bond motifs is 1. The Hall–Kier alpha value is -3.93. The van der Waals surface area contributed by atoms with Crippen LogP contribution in [0.2, 0.25) is 0 Å². The van der Waals surface area contributed by atoms with Crippen molar-refractivity contribution in [3.05, 3.63) is 102 Å². The predicted molar refractivity (Wildman–Crippen MR) is 112 cm³/mol. The molecule has 0 atom stereocenters. The first-order valence-electron chi connectivity index (χ1n) is 9.36. The number of nitrogens with one attached hydrogen (secondary N) is 2. The summed E-state index contributed by atoms with van der Waals surface area (Å²) in [5, 5.41) is 5.72. The van der Waals surface area contributed by atoms with E-state index in [1.807, 2.05) is 48.5 Å². The maximum atomic E-state index is 12.5. The molecule has 0 saturated carbocycles. The van der Waals surface area contributed by atoms with Gasteiger partial charge in [0.25, 0.3) is 11.8 Å². The first-order chi connectivity index (χ1) is 14.2. The second-order valence-electron chi connectivity index (χ2n) is 6.60. The van der Waals surface area contributed by atoms with Crippen molar-refractivity contribution in [1.82, 2.24) is 14.7 Å². The van der Waals surface area contributed by atoms with Crippen LogP contribution in [0.1, 0.15) is 26.5 Å². The highest BCUT2D eigenvalue weighted by Crippen LogP contribution is 2.13. The molecule has 0 aliphatic carbocycles. The third-order valence-electron chi connectivity index (χ3n) is 4.59. The molecule has 0 unspecified atom stereocenters. The monoisotopic (exact) mass is 384 g/mol. The van der Waals surface area contributed by atoms with Crippen LogP contribution in [0.5, 0.6) is 0 Å². The zero-order valence-corrected chi connectivity index (χ0v) is 15.7.